The number of phenolic OH excluding ortho intramolecular Hbond substituents is 1. The fourth-order valence-corrected chi connectivity index (χ4v) is 2.38. The first-order valence-electron chi connectivity index (χ1n) is 7.77. The van der Waals surface area contributed by atoms with Crippen LogP contribution in [0.3, 0.4) is 0 Å². The molecule has 0 saturated carbocycles. The van der Waals surface area contributed by atoms with Gasteiger partial charge in [-0.3, -0.25) is 5.32 Å². The molecule has 2 aromatic rings. The first kappa shape index (κ1) is 16.9. The van der Waals surface area contributed by atoms with Gasteiger partial charge in [0.05, 0.1) is 6.61 Å². The van der Waals surface area contributed by atoms with Crippen LogP contribution in [0.25, 0.3) is 0 Å². The molecule has 122 valence electrons. The number of hydrogen-bond donors (Lipinski definition) is 2. The van der Waals surface area contributed by atoms with E-state index in [0.29, 0.717) is 12.3 Å². The van der Waals surface area contributed by atoms with Gasteiger partial charge in [0.1, 0.15) is 5.75 Å². The number of amides is 1. The van der Waals surface area contributed by atoms with Gasteiger partial charge in [-0.2, -0.15) is 0 Å². The Bertz CT molecular complexity index is 663. The molecule has 0 aromatic heterocycles. The van der Waals surface area contributed by atoms with Crippen molar-refractivity contribution in [1.82, 2.24) is 0 Å². The number of benzene rings is 2. The molecule has 0 heterocycles. The monoisotopic (exact) mass is 313 g/mol. The molecule has 4 nitrogen and oxygen atoms in total. The summed E-state index contributed by atoms with van der Waals surface area (Å²) >= 11 is 0. The van der Waals surface area contributed by atoms with Gasteiger partial charge in [-0.05, 0) is 41.8 Å². The van der Waals surface area contributed by atoms with Crippen molar-refractivity contribution in [3.8, 4) is 5.75 Å². The SMILES string of the molecule is CCCOC(=O)Nc1cccc(C(C)(C)c2ccc(O)cc2)c1. The van der Waals surface area contributed by atoms with Crippen LogP contribution < -0.4 is 5.32 Å². The molecule has 0 aliphatic carbocycles. The van der Waals surface area contributed by atoms with Crippen LogP contribution in [-0.2, 0) is 10.2 Å². The lowest BCUT2D eigenvalue weighted by atomic mass is 9.78. The highest BCUT2D eigenvalue weighted by molar-refractivity contribution is 5.84. The van der Waals surface area contributed by atoms with Gasteiger partial charge in [0.25, 0.3) is 0 Å². The Hall–Kier alpha value is -2.49. The first-order chi connectivity index (χ1) is 10.9. The molecule has 0 aliphatic rings. The van der Waals surface area contributed by atoms with Crippen LogP contribution in [0.1, 0.15) is 38.3 Å². The van der Waals surface area contributed by atoms with Crippen molar-refractivity contribution in [2.45, 2.75) is 32.6 Å². The van der Waals surface area contributed by atoms with Crippen LogP contribution in [0, 0.1) is 0 Å². The summed E-state index contributed by atoms with van der Waals surface area (Å²) in [6.45, 7) is 6.57. The van der Waals surface area contributed by atoms with Gasteiger partial charge < -0.3 is 9.84 Å². The normalized spacial score (nSPS) is 11.1. The fourth-order valence-electron chi connectivity index (χ4n) is 2.38. The van der Waals surface area contributed by atoms with Crippen LogP contribution in [-0.4, -0.2) is 17.8 Å². The quantitative estimate of drug-likeness (QED) is 0.843. The highest BCUT2D eigenvalue weighted by Crippen LogP contribution is 2.33. The summed E-state index contributed by atoms with van der Waals surface area (Å²) in [6, 6.07) is 14.9. The molecule has 0 spiro atoms. The predicted octanol–water partition coefficient (Wildman–Crippen LogP) is 4.68. The number of hydrogen-bond acceptors (Lipinski definition) is 3. The predicted molar refractivity (Wildman–Crippen MR) is 91.9 cm³/mol. The number of anilines is 1. The van der Waals surface area contributed by atoms with E-state index in [1.54, 1.807) is 12.1 Å². The standard InChI is InChI=1S/C19H23NO3/c1-4-12-23-18(22)20-16-7-5-6-15(13-16)19(2,3)14-8-10-17(21)11-9-14/h5-11,13,21H,4,12H2,1-3H3,(H,20,22). The van der Waals surface area contributed by atoms with E-state index in [2.05, 4.69) is 19.2 Å². The highest BCUT2D eigenvalue weighted by Gasteiger charge is 2.23. The number of carbonyl (C=O) groups excluding carboxylic acids is 1. The van der Waals surface area contributed by atoms with E-state index in [4.69, 9.17) is 4.74 Å². The summed E-state index contributed by atoms with van der Waals surface area (Å²) in [4.78, 5) is 11.7. The third kappa shape index (κ3) is 4.25. The Kier molecular flexibility index (Phi) is 5.27. The largest absolute Gasteiger partial charge is 0.508 e. The maximum absolute atomic E-state index is 11.7. The number of aromatic hydroxyl groups is 1. The van der Waals surface area contributed by atoms with Gasteiger partial charge in [0, 0.05) is 11.1 Å². The minimum absolute atomic E-state index is 0.249. The van der Waals surface area contributed by atoms with Crippen molar-refractivity contribution in [1.29, 1.82) is 0 Å². The molecule has 1 amide bonds. The van der Waals surface area contributed by atoms with Crippen molar-refractivity contribution in [2.75, 3.05) is 11.9 Å². The molecule has 0 unspecified atom stereocenters. The van der Waals surface area contributed by atoms with Gasteiger partial charge in [-0.1, -0.05) is 45.0 Å². The van der Waals surface area contributed by atoms with Crippen molar-refractivity contribution in [3.63, 3.8) is 0 Å². The molecule has 2 N–H and O–H groups in total. The maximum atomic E-state index is 11.7. The lowest BCUT2D eigenvalue weighted by molar-refractivity contribution is 0.161. The Morgan fingerprint density at radius 2 is 1.83 bits per heavy atom. The zero-order valence-electron chi connectivity index (χ0n) is 13.8. The van der Waals surface area contributed by atoms with Crippen LogP contribution in [0.2, 0.25) is 0 Å². The Morgan fingerprint density at radius 3 is 2.48 bits per heavy atom. The Morgan fingerprint density at radius 1 is 1.13 bits per heavy atom. The number of phenols is 1. The Labute approximate surface area is 137 Å². The molecule has 0 atom stereocenters. The molecule has 4 heteroatoms. The van der Waals surface area contributed by atoms with Gasteiger partial charge in [-0.25, -0.2) is 4.79 Å². The van der Waals surface area contributed by atoms with E-state index in [9.17, 15) is 9.90 Å². The molecule has 0 saturated heterocycles. The van der Waals surface area contributed by atoms with Gasteiger partial charge in [-0.15, -0.1) is 0 Å². The van der Waals surface area contributed by atoms with E-state index in [1.807, 2.05) is 43.3 Å². The molecule has 2 rings (SSSR count). The van der Waals surface area contributed by atoms with Crippen molar-refractivity contribution in [3.05, 3.63) is 59.7 Å². The van der Waals surface area contributed by atoms with Crippen LogP contribution in [0.5, 0.6) is 5.75 Å². The van der Waals surface area contributed by atoms with Crippen molar-refractivity contribution in [2.24, 2.45) is 0 Å². The zero-order valence-corrected chi connectivity index (χ0v) is 13.8. The molecular formula is C19H23NO3. The highest BCUT2D eigenvalue weighted by atomic mass is 16.5. The number of carbonyl (C=O) groups is 1. The molecule has 2 aromatic carbocycles. The molecule has 0 radical (unpaired) electrons. The van der Waals surface area contributed by atoms with Crippen molar-refractivity contribution >= 4 is 11.8 Å². The lowest BCUT2D eigenvalue weighted by Gasteiger charge is -2.26. The van der Waals surface area contributed by atoms with E-state index < -0.39 is 6.09 Å². The molecular weight excluding hydrogens is 290 g/mol. The average Bonchev–Trinajstić information content (AvgIpc) is 2.53. The molecule has 23 heavy (non-hydrogen) atoms. The molecule has 0 bridgehead atoms. The van der Waals surface area contributed by atoms with Gasteiger partial charge in [0.15, 0.2) is 0 Å². The van der Waals surface area contributed by atoms with Crippen LogP contribution in [0.15, 0.2) is 48.5 Å². The van der Waals surface area contributed by atoms with E-state index in [1.165, 1.54) is 0 Å². The zero-order chi connectivity index (χ0) is 16.9. The lowest BCUT2D eigenvalue weighted by Crippen LogP contribution is -2.20. The summed E-state index contributed by atoms with van der Waals surface area (Å²) in [5.74, 6) is 0.249. The second-order valence-corrected chi connectivity index (χ2v) is 6.01. The summed E-state index contributed by atoms with van der Waals surface area (Å²) in [5.41, 5.74) is 2.60. The topological polar surface area (TPSA) is 58.6 Å². The Balaban J connectivity index is 2.21. The van der Waals surface area contributed by atoms with Crippen LogP contribution in [0.4, 0.5) is 10.5 Å². The maximum Gasteiger partial charge on any atom is 0.411 e. The molecule has 0 fully saturated rings. The summed E-state index contributed by atoms with van der Waals surface area (Å²) in [5, 5.41) is 12.2. The summed E-state index contributed by atoms with van der Waals surface area (Å²) < 4.78 is 5.04. The number of ether oxygens (including phenoxy) is 1. The smallest absolute Gasteiger partial charge is 0.411 e. The first-order valence-corrected chi connectivity index (χ1v) is 7.77. The van der Waals surface area contributed by atoms with Gasteiger partial charge in [0.2, 0.25) is 0 Å². The van der Waals surface area contributed by atoms with Crippen molar-refractivity contribution < 1.29 is 14.6 Å². The third-order valence-corrected chi connectivity index (χ3v) is 3.86. The van der Waals surface area contributed by atoms with E-state index >= 15 is 0 Å². The minimum Gasteiger partial charge on any atom is -0.508 e. The van der Waals surface area contributed by atoms with Crippen LogP contribution >= 0.6 is 0 Å². The number of nitrogens with one attached hydrogen (secondary N) is 1. The average molecular weight is 313 g/mol. The minimum atomic E-state index is -0.438. The summed E-state index contributed by atoms with van der Waals surface area (Å²) in [6.07, 6.45) is 0.355. The fraction of sp³-hybridized carbons (Fsp3) is 0.316. The second kappa shape index (κ2) is 7.18. The number of rotatable bonds is 5. The summed E-state index contributed by atoms with van der Waals surface area (Å²) in [7, 11) is 0. The van der Waals surface area contributed by atoms with E-state index in [0.717, 1.165) is 17.5 Å². The van der Waals surface area contributed by atoms with Gasteiger partial charge >= 0.3 is 6.09 Å². The van der Waals surface area contributed by atoms with E-state index in [-0.39, 0.29) is 11.2 Å². The molecule has 0 aliphatic heterocycles. The second-order valence-electron chi connectivity index (χ2n) is 6.01. The third-order valence-electron chi connectivity index (χ3n) is 3.86.